The van der Waals surface area contributed by atoms with Gasteiger partial charge in [0.05, 0.1) is 27.1 Å². The molecule has 8 heteroatoms. The molecule has 2 saturated heterocycles. The Kier molecular flexibility index (Phi) is 7.17. The summed E-state index contributed by atoms with van der Waals surface area (Å²) in [6.45, 7) is 0. The first-order chi connectivity index (χ1) is 15.4. The molecule has 32 heavy (non-hydrogen) atoms. The first kappa shape index (κ1) is 22.5. The lowest BCUT2D eigenvalue weighted by atomic mass is 10.1. The molecule has 0 bridgehead atoms. The third kappa shape index (κ3) is 5.91. The summed E-state index contributed by atoms with van der Waals surface area (Å²) in [7, 11) is 3.19. The van der Waals surface area contributed by atoms with Crippen molar-refractivity contribution in [2.45, 2.75) is 12.8 Å². The quantitative estimate of drug-likeness (QED) is 0.564. The van der Waals surface area contributed by atoms with Crippen molar-refractivity contribution < 1.29 is 28.7 Å². The van der Waals surface area contributed by atoms with Crippen LogP contribution in [0.4, 0.5) is 0 Å². The van der Waals surface area contributed by atoms with E-state index < -0.39 is 0 Å². The minimum atomic E-state index is -0.305. The summed E-state index contributed by atoms with van der Waals surface area (Å²) in [6, 6.07) is 14.6. The highest BCUT2D eigenvalue weighted by atomic mass is 16.5. The predicted octanol–water partition coefficient (Wildman–Crippen LogP) is 2.25. The van der Waals surface area contributed by atoms with Gasteiger partial charge in [-0.1, -0.05) is 24.3 Å². The minimum absolute atomic E-state index is 0.158. The number of hydrogen-bond donors (Lipinski definition) is 2. The van der Waals surface area contributed by atoms with Crippen molar-refractivity contribution in [1.29, 1.82) is 0 Å². The van der Waals surface area contributed by atoms with E-state index in [1.54, 1.807) is 50.6 Å². The maximum atomic E-state index is 11.3. The van der Waals surface area contributed by atoms with Crippen LogP contribution in [0.15, 0.2) is 59.7 Å². The number of nitrogens with one attached hydrogen (secondary N) is 2. The van der Waals surface area contributed by atoms with E-state index in [0.717, 1.165) is 22.6 Å². The van der Waals surface area contributed by atoms with Crippen LogP contribution in [0.3, 0.4) is 0 Å². The number of imide groups is 2. The molecule has 4 amide bonds. The first-order valence-electron chi connectivity index (χ1n) is 9.75. The summed E-state index contributed by atoms with van der Waals surface area (Å²) in [6.07, 6.45) is 3.73. The summed E-state index contributed by atoms with van der Waals surface area (Å²) in [4.78, 5) is 44.5. The van der Waals surface area contributed by atoms with E-state index in [-0.39, 0.29) is 36.5 Å². The SMILES string of the molecule is COc1ccc(/C=C2\CC(=O)NC2=O)cc1.COc1ccc(C=C2CC(=O)NC2=O)cc1. The van der Waals surface area contributed by atoms with Crippen LogP contribution in [0.25, 0.3) is 12.2 Å². The molecule has 0 atom stereocenters. The molecule has 2 aromatic rings. The number of hydrogen-bond acceptors (Lipinski definition) is 6. The van der Waals surface area contributed by atoms with Gasteiger partial charge in [-0.2, -0.15) is 0 Å². The Balaban J connectivity index is 0.000000181. The van der Waals surface area contributed by atoms with Gasteiger partial charge in [0.2, 0.25) is 11.8 Å². The Bertz CT molecular complexity index is 1010. The van der Waals surface area contributed by atoms with Gasteiger partial charge in [-0.15, -0.1) is 0 Å². The third-order valence-electron chi connectivity index (χ3n) is 4.70. The highest BCUT2D eigenvalue weighted by molar-refractivity contribution is 6.16. The van der Waals surface area contributed by atoms with E-state index in [4.69, 9.17) is 9.47 Å². The second-order valence-corrected chi connectivity index (χ2v) is 6.99. The molecule has 2 aliphatic heterocycles. The smallest absolute Gasteiger partial charge is 0.254 e. The molecule has 0 saturated carbocycles. The van der Waals surface area contributed by atoms with E-state index in [2.05, 4.69) is 10.6 Å². The molecule has 0 spiro atoms. The van der Waals surface area contributed by atoms with E-state index in [0.29, 0.717) is 11.1 Å². The second kappa shape index (κ2) is 10.2. The van der Waals surface area contributed by atoms with Gasteiger partial charge in [-0.25, -0.2) is 0 Å². The molecule has 0 aliphatic carbocycles. The number of rotatable bonds is 4. The van der Waals surface area contributed by atoms with Crippen LogP contribution in [0, 0.1) is 0 Å². The summed E-state index contributed by atoms with van der Waals surface area (Å²) in [5, 5.41) is 4.48. The molecular formula is C24H22N2O6. The van der Waals surface area contributed by atoms with Gasteiger partial charge in [0.1, 0.15) is 11.5 Å². The van der Waals surface area contributed by atoms with Gasteiger partial charge >= 0.3 is 0 Å². The maximum Gasteiger partial charge on any atom is 0.254 e. The van der Waals surface area contributed by atoms with Crippen molar-refractivity contribution in [1.82, 2.24) is 10.6 Å². The lowest BCUT2D eigenvalue weighted by molar-refractivity contribution is -0.125. The summed E-state index contributed by atoms with van der Waals surface area (Å²) < 4.78 is 10.0. The molecule has 4 rings (SSSR count). The molecule has 2 fully saturated rings. The lowest BCUT2D eigenvalue weighted by Gasteiger charge is -1.99. The summed E-state index contributed by atoms with van der Waals surface area (Å²) >= 11 is 0. The van der Waals surface area contributed by atoms with Crippen LogP contribution in [0.5, 0.6) is 11.5 Å². The van der Waals surface area contributed by atoms with Crippen molar-refractivity contribution in [3.8, 4) is 11.5 Å². The fraction of sp³-hybridized carbons (Fsp3) is 0.167. The number of amides is 4. The predicted molar refractivity (Wildman–Crippen MR) is 117 cm³/mol. The molecule has 8 nitrogen and oxygen atoms in total. The van der Waals surface area contributed by atoms with E-state index >= 15 is 0 Å². The van der Waals surface area contributed by atoms with Crippen LogP contribution in [-0.2, 0) is 19.2 Å². The van der Waals surface area contributed by atoms with Crippen molar-refractivity contribution in [2.75, 3.05) is 14.2 Å². The molecule has 0 aromatic heterocycles. The summed E-state index contributed by atoms with van der Waals surface area (Å²) in [5.74, 6) is 0.416. The zero-order chi connectivity index (χ0) is 23.1. The highest BCUT2D eigenvalue weighted by Gasteiger charge is 2.24. The number of ether oxygens (including phenoxy) is 2. The number of carbonyl (C=O) groups is 4. The molecule has 164 valence electrons. The molecule has 0 radical (unpaired) electrons. The van der Waals surface area contributed by atoms with Gasteiger partial charge in [0, 0.05) is 11.1 Å². The molecule has 0 unspecified atom stereocenters. The van der Waals surface area contributed by atoms with Gasteiger partial charge in [-0.3, -0.25) is 29.8 Å². The topological polar surface area (TPSA) is 111 Å². The van der Waals surface area contributed by atoms with Gasteiger partial charge in [-0.05, 0) is 47.5 Å². The number of carbonyl (C=O) groups excluding carboxylic acids is 4. The van der Waals surface area contributed by atoms with Crippen molar-refractivity contribution in [3.05, 3.63) is 70.8 Å². The van der Waals surface area contributed by atoms with Gasteiger partial charge in [0.15, 0.2) is 0 Å². The Morgan fingerprint density at radius 3 is 1.22 bits per heavy atom. The Labute approximate surface area is 184 Å². The van der Waals surface area contributed by atoms with Crippen molar-refractivity contribution in [2.24, 2.45) is 0 Å². The largest absolute Gasteiger partial charge is 0.497 e. The fourth-order valence-corrected chi connectivity index (χ4v) is 3.04. The van der Waals surface area contributed by atoms with E-state index in [1.165, 1.54) is 0 Å². The van der Waals surface area contributed by atoms with Gasteiger partial charge in [0.25, 0.3) is 11.8 Å². The Morgan fingerprint density at radius 1 is 0.625 bits per heavy atom. The van der Waals surface area contributed by atoms with Gasteiger partial charge < -0.3 is 9.47 Å². The van der Waals surface area contributed by atoms with E-state index in [9.17, 15) is 19.2 Å². The molecular weight excluding hydrogens is 412 g/mol. The molecule has 2 aliphatic rings. The highest BCUT2D eigenvalue weighted by Crippen LogP contribution is 2.18. The normalized spacial score (nSPS) is 17.7. The Hall–Kier alpha value is -4.20. The number of benzene rings is 2. The maximum absolute atomic E-state index is 11.3. The monoisotopic (exact) mass is 434 g/mol. The van der Waals surface area contributed by atoms with Crippen LogP contribution >= 0.6 is 0 Å². The average molecular weight is 434 g/mol. The molecule has 2 aromatic carbocycles. The Morgan fingerprint density at radius 2 is 0.969 bits per heavy atom. The van der Waals surface area contributed by atoms with E-state index in [1.807, 2.05) is 24.3 Å². The standard InChI is InChI=1S/2C12H11NO3/c2*1-16-10-4-2-8(3-5-10)6-9-7-11(14)13-12(9)15/h2*2-6H,7H2,1H3,(H,13,14,15)/b9-6+;. The van der Waals surface area contributed by atoms with Crippen LogP contribution in [-0.4, -0.2) is 37.8 Å². The molecule has 2 heterocycles. The fourth-order valence-electron chi connectivity index (χ4n) is 3.04. The van der Waals surface area contributed by atoms with Crippen LogP contribution in [0.2, 0.25) is 0 Å². The zero-order valence-corrected chi connectivity index (χ0v) is 17.6. The number of methoxy groups -OCH3 is 2. The summed E-state index contributed by atoms with van der Waals surface area (Å²) in [5.41, 5.74) is 2.74. The third-order valence-corrected chi connectivity index (χ3v) is 4.70. The second-order valence-electron chi connectivity index (χ2n) is 6.99. The minimum Gasteiger partial charge on any atom is -0.497 e. The average Bonchev–Trinajstić information content (AvgIpc) is 3.28. The van der Waals surface area contributed by atoms with Crippen molar-refractivity contribution in [3.63, 3.8) is 0 Å². The van der Waals surface area contributed by atoms with Crippen LogP contribution in [0.1, 0.15) is 24.0 Å². The first-order valence-corrected chi connectivity index (χ1v) is 9.75. The zero-order valence-electron chi connectivity index (χ0n) is 17.6. The van der Waals surface area contributed by atoms with Crippen molar-refractivity contribution >= 4 is 35.8 Å². The van der Waals surface area contributed by atoms with Crippen LogP contribution < -0.4 is 20.1 Å². The molecule has 2 N–H and O–H groups in total. The lowest BCUT2D eigenvalue weighted by Crippen LogP contribution is -2.19.